The Labute approximate surface area is 118 Å². The summed E-state index contributed by atoms with van der Waals surface area (Å²) in [6.45, 7) is 1.51. The van der Waals surface area contributed by atoms with Crippen LogP contribution < -0.4 is 15.8 Å². The van der Waals surface area contributed by atoms with Crippen molar-refractivity contribution in [3.05, 3.63) is 18.3 Å². The summed E-state index contributed by atoms with van der Waals surface area (Å²) in [6.07, 6.45) is -2.68. The molecule has 1 aromatic rings. The quantitative estimate of drug-likeness (QED) is 0.788. The molecule has 3 N–H and O–H groups in total. The van der Waals surface area contributed by atoms with Crippen LogP contribution in [-0.4, -0.2) is 35.4 Å². The maximum Gasteiger partial charge on any atom is 0.340 e. The molecule has 0 saturated carbocycles. The maximum atomic E-state index is 12.6. The lowest BCUT2D eigenvalue weighted by Crippen LogP contribution is -2.45. The zero-order chi connectivity index (χ0) is 16.3. The van der Waals surface area contributed by atoms with E-state index in [0.29, 0.717) is 0 Å². The van der Waals surface area contributed by atoms with Crippen LogP contribution >= 0.6 is 0 Å². The number of hydrogen-bond donors (Lipinski definition) is 2. The van der Waals surface area contributed by atoms with E-state index in [4.69, 9.17) is 5.73 Å². The molecule has 1 aromatic heterocycles. The van der Waals surface area contributed by atoms with E-state index in [1.807, 2.05) is 0 Å². The molecule has 0 radical (unpaired) electrons. The third kappa shape index (κ3) is 5.18. The van der Waals surface area contributed by atoms with Crippen LogP contribution in [0.2, 0.25) is 0 Å². The lowest BCUT2D eigenvalue weighted by atomic mass is 10.1. The van der Waals surface area contributed by atoms with Crippen LogP contribution in [0.5, 0.6) is 5.88 Å². The first-order chi connectivity index (χ1) is 9.52. The second-order valence-electron chi connectivity index (χ2n) is 4.91. The minimum atomic E-state index is -4.25. The molecular formula is C12H15F4N3O2. The van der Waals surface area contributed by atoms with Crippen molar-refractivity contribution in [3.8, 4) is 5.88 Å². The molecule has 0 aliphatic heterocycles. The number of anilines is 1. The van der Waals surface area contributed by atoms with E-state index in [9.17, 15) is 22.4 Å². The number of rotatable bonds is 6. The SMILES string of the molecule is CC(C)(N)C(=O)Nc1ccc(OCC(F)(F)C(F)F)nc1. The predicted octanol–water partition coefficient (Wildman–Crippen LogP) is 2.04. The fourth-order valence-corrected chi connectivity index (χ4v) is 1.06. The van der Waals surface area contributed by atoms with Gasteiger partial charge in [0.25, 0.3) is 0 Å². The Balaban J connectivity index is 2.61. The number of ether oxygens (including phenoxy) is 1. The second kappa shape index (κ2) is 6.25. The summed E-state index contributed by atoms with van der Waals surface area (Å²) in [6, 6.07) is 2.49. The molecule has 0 saturated heterocycles. The number of nitrogens with zero attached hydrogens (tertiary/aromatic N) is 1. The Kier molecular flexibility index (Phi) is 5.10. The minimum absolute atomic E-state index is 0.264. The number of nitrogens with two attached hydrogens (primary N) is 1. The number of aromatic nitrogens is 1. The number of alkyl halides is 4. The van der Waals surface area contributed by atoms with Crippen LogP contribution in [0.1, 0.15) is 13.8 Å². The summed E-state index contributed by atoms with van der Waals surface area (Å²) in [7, 11) is 0. The van der Waals surface area contributed by atoms with Gasteiger partial charge < -0.3 is 15.8 Å². The molecule has 0 atom stereocenters. The highest BCUT2D eigenvalue weighted by atomic mass is 19.3. The molecule has 5 nitrogen and oxygen atoms in total. The lowest BCUT2D eigenvalue weighted by molar-refractivity contribution is -0.148. The van der Waals surface area contributed by atoms with Gasteiger partial charge in [-0.25, -0.2) is 13.8 Å². The molecule has 0 spiro atoms. The number of carbonyl (C=O) groups excluding carboxylic acids is 1. The number of amides is 1. The van der Waals surface area contributed by atoms with Gasteiger partial charge in [0.2, 0.25) is 11.8 Å². The van der Waals surface area contributed by atoms with Gasteiger partial charge in [0.15, 0.2) is 6.61 Å². The number of hydrogen-bond acceptors (Lipinski definition) is 4. The first-order valence-corrected chi connectivity index (χ1v) is 5.87. The fraction of sp³-hybridized carbons (Fsp3) is 0.500. The minimum Gasteiger partial charge on any atom is -0.471 e. The number of pyridine rings is 1. The summed E-state index contributed by atoms with van der Waals surface area (Å²) in [5.41, 5.74) is 4.74. The summed E-state index contributed by atoms with van der Waals surface area (Å²) in [5.74, 6) is -4.99. The Bertz CT molecular complexity index is 486. The van der Waals surface area contributed by atoms with Gasteiger partial charge in [0.1, 0.15) is 0 Å². The van der Waals surface area contributed by atoms with Gasteiger partial charge in [-0.2, -0.15) is 8.78 Å². The van der Waals surface area contributed by atoms with E-state index in [1.54, 1.807) is 0 Å². The Morgan fingerprint density at radius 2 is 2.05 bits per heavy atom. The average Bonchev–Trinajstić information content (AvgIpc) is 2.36. The van der Waals surface area contributed by atoms with Crippen molar-refractivity contribution in [2.75, 3.05) is 11.9 Å². The summed E-state index contributed by atoms with van der Waals surface area (Å²) >= 11 is 0. The van der Waals surface area contributed by atoms with E-state index >= 15 is 0 Å². The van der Waals surface area contributed by atoms with E-state index in [0.717, 1.165) is 6.20 Å². The maximum absolute atomic E-state index is 12.6. The summed E-state index contributed by atoms with van der Waals surface area (Å²) in [5, 5.41) is 2.45. The molecule has 0 aliphatic carbocycles. The molecule has 0 aliphatic rings. The van der Waals surface area contributed by atoms with Crippen molar-refractivity contribution in [1.29, 1.82) is 0 Å². The van der Waals surface area contributed by atoms with Gasteiger partial charge in [-0.1, -0.05) is 0 Å². The molecule has 1 rings (SSSR count). The summed E-state index contributed by atoms with van der Waals surface area (Å²) in [4.78, 5) is 15.2. The third-order valence-electron chi connectivity index (χ3n) is 2.31. The van der Waals surface area contributed by atoms with Crippen molar-refractivity contribution < 1.29 is 27.1 Å². The number of nitrogens with one attached hydrogen (secondary N) is 1. The zero-order valence-electron chi connectivity index (χ0n) is 11.4. The van der Waals surface area contributed by atoms with Gasteiger partial charge in [0, 0.05) is 6.07 Å². The lowest BCUT2D eigenvalue weighted by Gasteiger charge is -2.18. The van der Waals surface area contributed by atoms with E-state index in [-0.39, 0.29) is 11.6 Å². The van der Waals surface area contributed by atoms with Crippen molar-refractivity contribution in [2.24, 2.45) is 5.73 Å². The van der Waals surface area contributed by atoms with Crippen LogP contribution in [0.4, 0.5) is 23.2 Å². The highest BCUT2D eigenvalue weighted by Gasteiger charge is 2.41. The fourth-order valence-electron chi connectivity index (χ4n) is 1.06. The third-order valence-corrected chi connectivity index (χ3v) is 2.31. The molecule has 21 heavy (non-hydrogen) atoms. The highest BCUT2D eigenvalue weighted by Crippen LogP contribution is 2.24. The topological polar surface area (TPSA) is 77.2 Å². The molecule has 9 heteroatoms. The molecule has 1 amide bonds. The largest absolute Gasteiger partial charge is 0.471 e. The molecule has 1 heterocycles. The van der Waals surface area contributed by atoms with E-state index in [2.05, 4.69) is 15.0 Å². The first kappa shape index (κ1) is 17.2. The van der Waals surface area contributed by atoms with Crippen molar-refractivity contribution in [3.63, 3.8) is 0 Å². The van der Waals surface area contributed by atoms with Crippen LogP contribution in [-0.2, 0) is 4.79 Å². The van der Waals surface area contributed by atoms with Crippen molar-refractivity contribution in [2.45, 2.75) is 31.7 Å². The average molecular weight is 309 g/mol. The monoisotopic (exact) mass is 309 g/mol. The Morgan fingerprint density at radius 1 is 1.43 bits per heavy atom. The number of halogens is 4. The standard InChI is InChI=1S/C12H15F4N3O2/c1-11(2,17)10(20)19-7-3-4-8(18-5-7)21-6-12(15,16)9(13)14/h3-5,9H,6,17H2,1-2H3,(H,19,20). The van der Waals surface area contributed by atoms with Gasteiger partial charge in [-0.15, -0.1) is 0 Å². The zero-order valence-corrected chi connectivity index (χ0v) is 11.4. The smallest absolute Gasteiger partial charge is 0.340 e. The molecule has 0 unspecified atom stereocenters. The van der Waals surface area contributed by atoms with E-state index in [1.165, 1.54) is 26.0 Å². The number of carbonyl (C=O) groups is 1. The van der Waals surface area contributed by atoms with Gasteiger partial charge in [-0.05, 0) is 19.9 Å². The second-order valence-corrected chi connectivity index (χ2v) is 4.91. The summed E-state index contributed by atoms with van der Waals surface area (Å²) < 4.78 is 53.6. The van der Waals surface area contributed by atoms with Gasteiger partial charge in [0.05, 0.1) is 17.4 Å². The molecule has 0 fully saturated rings. The van der Waals surface area contributed by atoms with Crippen LogP contribution in [0.25, 0.3) is 0 Å². The van der Waals surface area contributed by atoms with Crippen LogP contribution in [0, 0.1) is 0 Å². The highest BCUT2D eigenvalue weighted by molar-refractivity contribution is 5.97. The van der Waals surface area contributed by atoms with Crippen molar-refractivity contribution in [1.82, 2.24) is 4.98 Å². The molecule has 0 aromatic carbocycles. The molecule has 0 bridgehead atoms. The normalized spacial score (nSPS) is 12.4. The van der Waals surface area contributed by atoms with Gasteiger partial charge in [-0.3, -0.25) is 4.79 Å². The van der Waals surface area contributed by atoms with Crippen molar-refractivity contribution >= 4 is 11.6 Å². The Hall–Kier alpha value is -1.90. The van der Waals surface area contributed by atoms with Gasteiger partial charge >= 0.3 is 12.3 Å². The van der Waals surface area contributed by atoms with Crippen LogP contribution in [0.15, 0.2) is 18.3 Å². The Morgan fingerprint density at radius 3 is 2.48 bits per heavy atom. The molecular weight excluding hydrogens is 294 g/mol. The van der Waals surface area contributed by atoms with Crippen LogP contribution in [0.3, 0.4) is 0 Å². The van der Waals surface area contributed by atoms with E-state index < -0.39 is 30.4 Å². The predicted molar refractivity (Wildman–Crippen MR) is 67.6 cm³/mol. The molecule has 118 valence electrons. The first-order valence-electron chi connectivity index (χ1n) is 5.87.